The summed E-state index contributed by atoms with van der Waals surface area (Å²) in [4.78, 5) is 10.0. The van der Waals surface area contributed by atoms with E-state index in [0.717, 1.165) is 0 Å². The molecule has 0 saturated carbocycles. The zero-order chi connectivity index (χ0) is 13.3. The van der Waals surface area contributed by atoms with Gasteiger partial charge >= 0.3 is 5.82 Å². The van der Waals surface area contributed by atoms with E-state index in [9.17, 15) is 18.9 Å². The van der Waals surface area contributed by atoms with Crippen molar-refractivity contribution in [2.75, 3.05) is 0 Å². The molecule has 2 aromatic rings. The van der Waals surface area contributed by atoms with Crippen LogP contribution in [0.2, 0.25) is 0 Å². The molecule has 0 aliphatic rings. The Morgan fingerprint density at radius 1 is 1.44 bits per heavy atom. The van der Waals surface area contributed by atoms with Gasteiger partial charge in [0.1, 0.15) is 5.56 Å². The Morgan fingerprint density at radius 2 is 2.17 bits per heavy atom. The number of alkyl halides is 2. The van der Waals surface area contributed by atoms with Gasteiger partial charge in [0, 0.05) is 4.47 Å². The molecule has 0 fully saturated rings. The number of rotatable bonds is 3. The molecule has 1 N–H and O–H groups in total. The van der Waals surface area contributed by atoms with Crippen LogP contribution in [0.3, 0.4) is 0 Å². The van der Waals surface area contributed by atoms with E-state index in [1.165, 1.54) is 12.1 Å². The van der Waals surface area contributed by atoms with Gasteiger partial charge in [0.2, 0.25) is 0 Å². The minimum absolute atomic E-state index is 0.184. The topological polar surface area (TPSA) is 71.8 Å². The van der Waals surface area contributed by atoms with E-state index < -0.39 is 22.9 Å². The molecule has 1 heterocycles. The SMILES string of the molecule is O=[N+]([O-])c1[nH]nc(C(F)F)c1-c1cccc(Br)c1. The van der Waals surface area contributed by atoms with Crippen molar-refractivity contribution < 1.29 is 13.7 Å². The van der Waals surface area contributed by atoms with E-state index in [1.807, 2.05) is 5.10 Å². The number of halogens is 3. The molecular formula is C10H6BrF2N3O2. The second-order valence-electron chi connectivity index (χ2n) is 3.40. The van der Waals surface area contributed by atoms with Gasteiger partial charge in [-0.15, -0.1) is 5.10 Å². The van der Waals surface area contributed by atoms with Crippen molar-refractivity contribution in [3.63, 3.8) is 0 Å². The molecular weight excluding hydrogens is 312 g/mol. The highest BCUT2D eigenvalue weighted by atomic mass is 79.9. The van der Waals surface area contributed by atoms with Crippen LogP contribution in [0.1, 0.15) is 12.1 Å². The standard InChI is InChI=1S/C10H6BrF2N3O2/c11-6-3-1-2-5(4-6)7-8(9(12)13)14-15-10(7)16(17)18/h1-4,9H,(H,14,15). The Labute approximate surface area is 108 Å². The van der Waals surface area contributed by atoms with Crippen molar-refractivity contribution in [1.29, 1.82) is 0 Å². The van der Waals surface area contributed by atoms with Crippen molar-refractivity contribution in [2.24, 2.45) is 0 Å². The molecule has 94 valence electrons. The average Bonchev–Trinajstić information content (AvgIpc) is 2.73. The third kappa shape index (κ3) is 2.23. The zero-order valence-corrected chi connectivity index (χ0v) is 10.3. The van der Waals surface area contributed by atoms with Gasteiger partial charge in [-0.05, 0) is 22.6 Å². The summed E-state index contributed by atoms with van der Waals surface area (Å²) in [6.07, 6.45) is -2.89. The fourth-order valence-corrected chi connectivity index (χ4v) is 1.96. The lowest BCUT2D eigenvalue weighted by molar-refractivity contribution is -0.388. The molecule has 18 heavy (non-hydrogen) atoms. The Morgan fingerprint density at radius 3 is 2.72 bits per heavy atom. The van der Waals surface area contributed by atoms with E-state index in [1.54, 1.807) is 12.1 Å². The van der Waals surface area contributed by atoms with Gasteiger partial charge in [-0.1, -0.05) is 33.2 Å². The first-order chi connectivity index (χ1) is 8.50. The second-order valence-corrected chi connectivity index (χ2v) is 4.32. The van der Waals surface area contributed by atoms with Crippen LogP contribution in [0.5, 0.6) is 0 Å². The van der Waals surface area contributed by atoms with Crippen molar-refractivity contribution in [3.8, 4) is 11.1 Å². The molecule has 0 unspecified atom stereocenters. The van der Waals surface area contributed by atoms with Crippen molar-refractivity contribution in [1.82, 2.24) is 10.2 Å². The predicted molar refractivity (Wildman–Crippen MR) is 63.3 cm³/mol. The molecule has 0 aliphatic heterocycles. The van der Waals surface area contributed by atoms with Crippen LogP contribution >= 0.6 is 15.9 Å². The number of hydrogen-bond donors (Lipinski definition) is 1. The van der Waals surface area contributed by atoms with Crippen LogP contribution in [-0.2, 0) is 0 Å². The van der Waals surface area contributed by atoms with Crippen LogP contribution in [-0.4, -0.2) is 15.1 Å². The lowest BCUT2D eigenvalue weighted by atomic mass is 10.1. The highest BCUT2D eigenvalue weighted by Crippen LogP contribution is 2.36. The molecule has 0 spiro atoms. The van der Waals surface area contributed by atoms with Crippen molar-refractivity contribution in [3.05, 3.63) is 44.5 Å². The summed E-state index contributed by atoms with van der Waals surface area (Å²) in [6, 6.07) is 6.32. The number of benzene rings is 1. The molecule has 0 amide bonds. The first-order valence-electron chi connectivity index (χ1n) is 4.77. The molecule has 0 radical (unpaired) electrons. The Bertz CT molecular complexity index is 601. The van der Waals surface area contributed by atoms with Crippen molar-refractivity contribution in [2.45, 2.75) is 6.43 Å². The summed E-state index contributed by atoms with van der Waals surface area (Å²) in [5.74, 6) is -0.539. The first kappa shape index (κ1) is 12.6. The minimum Gasteiger partial charge on any atom is -0.358 e. The molecule has 0 saturated heterocycles. The van der Waals surface area contributed by atoms with Crippen LogP contribution < -0.4 is 0 Å². The third-order valence-electron chi connectivity index (χ3n) is 2.28. The highest BCUT2D eigenvalue weighted by molar-refractivity contribution is 9.10. The zero-order valence-electron chi connectivity index (χ0n) is 8.73. The van der Waals surface area contributed by atoms with E-state index in [0.29, 0.717) is 10.0 Å². The lowest BCUT2D eigenvalue weighted by Gasteiger charge is -2.02. The molecule has 8 heteroatoms. The second kappa shape index (κ2) is 4.81. The fourth-order valence-electron chi connectivity index (χ4n) is 1.56. The first-order valence-corrected chi connectivity index (χ1v) is 5.56. The number of aromatic nitrogens is 2. The monoisotopic (exact) mass is 317 g/mol. The maximum atomic E-state index is 12.8. The van der Waals surface area contributed by atoms with Crippen LogP contribution in [0.25, 0.3) is 11.1 Å². The highest BCUT2D eigenvalue weighted by Gasteiger charge is 2.28. The molecule has 1 aromatic carbocycles. The molecule has 1 aromatic heterocycles. The Kier molecular flexibility index (Phi) is 3.37. The van der Waals surface area contributed by atoms with Crippen LogP contribution in [0.4, 0.5) is 14.6 Å². The van der Waals surface area contributed by atoms with Gasteiger partial charge in [0.15, 0.2) is 5.69 Å². The number of aromatic amines is 1. The molecule has 2 rings (SSSR count). The minimum atomic E-state index is -2.89. The normalized spacial score (nSPS) is 10.9. The Balaban J connectivity index is 2.67. The maximum Gasteiger partial charge on any atom is 0.351 e. The number of hydrogen-bond acceptors (Lipinski definition) is 3. The van der Waals surface area contributed by atoms with Crippen molar-refractivity contribution >= 4 is 21.7 Å². The average molecular weight is 318 g/mol. The van der Waals surface area contributed by atoms with E-state index in [-0.39, 0.29) is 5.56 Å². The van der Waals surface area contributed by atoms with Gasteiger partial charge < -0.3 is 10.1 Å². The van der Waals surface area contributed by atoms with E-state index in [2.05, 4.69) is 21.0 Å². The van der Waals surface area contributed by atoms with E-state index in [4.69, 9.17) is 0 Å². The summed E-state index contributed by atoms with van der Waals surface area (Å²) in [7, 11) is 0. The summed E-state index contributed by atoms with van der Waals surface area (Å²) in [5, 5.41) is 16.1. The lowest BCUT2D eigenvalue weighted by Crippen LogP contribution is -1.92. The number of nitrogens with zero attached hydrogens (tertiary/aromatic N) is 2. The van der Waals surface area contributed by atoms with Gasteiger partial charge in [-0.3, -0.25) is 0 Å². The van der Waals surface area contributed by atoms with Gasteiger partial charge in [0.25, 0.3) is 6.43 Å². The largest absolute Gasteiger partial charge is 0.358 e. The van der Waals surface area contributed by atoms with Crippen LogP contribution in [0.15, 0.2) is 28.7 Å². The molecule has 0 aliphatic carbocycles. The van der Waals surface area contributed by atoms with E-state index >= 15 is 0 Å². The number of nitro groups is 1. The quantitative estimate of drug-likeness (QED) is 0.693. The van der Waals surface area contributed by atoms with Gasteiger partial charge in [0.05, 0.1) is 0 Å². The summed E-state index contributed by atoms with van der Waals surface area (Å²) in [6.45, 7) is 0. The maximum absolute atomic E-state index is 12.8. The molecule has 0 bridgehead atoms. The smallest absolute Gasteiger partial charge is 0.351 e. The van der Waals surface area contributed by atoms with Gasteiger partial charge in [-0.25, -0.2) is 8.78 Å². The van der Waals surface area contributed by atoms with Crippen LogP contribution in [0, 0.1) is 10.1 Å². The summed E-state index contributed by atoms with van der Waals surface area (Å²) >= 11 is 3.18. The summed E-state index contributed by atoms with van der Waals surface area (Å²) < 4.78 is 26.2. The Hall–Kier alpha value is -1.83. The number of nitrogens with one attached hydrogen (secondary N) is 1. The fraction of sp³-hybridized carbons (Fsp3) is 0.100. The molecule has 0 atom stereocenters. The third-order valence-corrected chi connectivity index (χ3v) is 2.77. The number of H-pyrrole nitrogens is 1. The molecule has 5 nitrogen and oxygen atoms in total. The van der Waals surface area contributed by atoms with Gasteiger partial charge in [-0.2, -0.15) is 0 Å². The predicted octanol–water partition coefficient (Wildman–Crippen LogP) is 3.69. The summed E-state index contributed by atoms with van der Waals surface area (Å²) in [5.41, 5.74) is -0.503.